The van der Waals surface area contributed by atoms with Crippen LogP contribution in [-0.2, 0) is 0 Å². The maximum Gasteiger partial charge on any atom is 0.162 e. The summed E-state index contributed by atoms with van der Waals surface area (Å²) in [7, 11) is 0. The lowest BCUT2D eigenvalue weighted by atomic mass is 10.1. The molecule has 0 radical (unpaired) electrons. The van der Waals surface area contributed by atoms with Crippen LogP contribution in [0.15, 0.2) is 24.3 Å². The molecular formula is C9H9ClO2. The summed E-state index contributed by atoms with van der Waals surface area (Å²) in [6.07, 6.45) is 0. The second kappa shape index (κ2) is 4.12. The second-order valence-corrected chi connectivity index (χ2v) is 2.55. The number of halogens is 1. The van der Waals surface area contributed by atoms with E-state index in [2.05, 4.69) is 0 Å². The molecule has 0 spiro atoms. The van der Waals surface area contributed by atoms with E-state index in [9.17, 15) is 4.79 Å². The monoisotopic (exact) mass is 184 g/mol. The minimum Gasteiger partial charge on any atom is -0.478 e. The molecule has 2 nitrogen and oxygen atoms in total. The van der Waals surface area contributed by atoms with Crippen LogP contribution in [0.3, 0.4) is 0 Å². The maximum atomic E-state index is 10.8. The van der Waals surface area contributed by atoms with Crippen LogP contribution in [0.2, 0.25) is 0 Å². The molecule has 1 aromatic carbocycles. The molecule has 0 aliphatic rings. The minimum atomic E-state index is 0.0485. The SMILES string of the molecule is CC(=O)c1ccc(OCCl)cc1. The molecule has 1 rings (SSSR count). The van der Waals surface area contributed by atoms with E-state index in [0.29, 0.717) is 11.3 Å². The van der Waals surface area contributed by atoms with Crippen molar-refractivity contribution in [3.05, 3.63) is 29.8 Å². The highest BCUT2D eigenvalue weighted by Gasteiger charge is 1.98. The van der Waals surface area contributed by atoms with Crippen molar-refractivity contribution in [2.45, 2.75) is 6.92 Å². The molecule has 0 N–H and O–H groups in total. The van der Waals surface area contributed by atoms with Crippen LogP contribution in [0, 0.1) is 0 Å². The largest absolute Gasteiger partial charge is 0.478 e. The summed E-state index contributed by atoms with van der Waals surface area (Å²) in [5.74, 6) is 0.724. The highest BCUT2D eigenvalue weighted by Crippen LogP contribution is 2.12. The van der Waals surface area contributed by atoms with Gasteiger partial charge in [0.25, 0.3) is 0 Å². The number of Topliss-reactive ketones (excluding diaryl/α,β-unsaturated/α-hetero) is 1. The van der Waals surface area contributed by atoms with Gasteiger partial charge in [-0.2, -0.15) is 0 Å². The molecule has 0 bridgehead atoms. The van der Waals surface area contributed by atoms with Gasteiger partial charge in [0, 0.05) is 5.56 Å². The van der Waals surface area contributed by atoms with Crippen LogP contribution < -0.4 is 4.74 Å². The van der Waals surface area contributed by atoms with Gasteiger partial charge in [-0.15, -0.1) is 0 Å². The van der Waals surface area contributed by atoms with Crippen molar-refractivity contribution in [3.63, 3.8) is 0 Å². The first kappa shape index (κ1) is 9.07. The number of hydrogen-bond acceptors (Lipinski definition) is 2. The second-order valence-electron chi connectivity index (χ2n) is 2.33. The van der Waals surface area contributed by atoms with Gasteiger partial charge < -0.3 is 4.74 Å². The summed E-state index contributed by atoms with van der Waals surface area (Å²) in [5.41, 5.74) is 0.678. The fourth-order valence-electron chi connectivity index (χ4n) is 0.849. The highest BCUT2D eigenvalue weighted by atomic mass is 35.5. The van der Waals surface area contributed by atoms with Crippen molar-refractivity contribution >= 4 is 17.4 Å². The summed E-state index contributed by atoms with van der Waals surface area (Å²) in [6, 6.07) is 6.99. The van der Waals surface area contributed by atoms with E-state index < -0.39 is 0 Å². The average molecular weight is 185 g/mol. The van der Waals surface area contributed by atoms with Crippen LogP contribution >= 0.6 is 11.6 Å². The first-order chi connectivity index (χ1) is 5.74. The molecule has 0 saturated carbocycles. The summed E-state index contributed by atoms with van der Waals surface area (Å²) < 4.78 is 4.99. The lowest BCUT2D eigenvalue weighted by Crippen LogP contribution is -1.93. The van der Waals surface area contributed by atoms with Crippen molar-refractivity contribution in [2.75, 3.05) is 6.07 Å². The fourth-order valence-corrected chi connectivity index (χ4v) is 0.975. The van der Waals surface area contributed by atoms with E-state index in [4.69, 9.17) is 16.3 Å². The molecule has 1 aromatic rings. The predicted octanol–water partition coefficient (Wildman–Crippen LogP) is 2.46. The number of benzene rings is 1. The number of alkyl halides is 1. The van der Waals surface area contributed by atoms with Crippen molar-refractivity contribution in [1.82, 2.24) is 0 Å². The lowest BCUT2D eigenvalue weighted by Gasteiger charge is -2.01. The number of carbonyl (C=O) groups is 1. The molecule has 64 valence electrons. The van der Waals surface area contributed by atoms with Gasteiger partial charge in [-0.1, -0.05) is 11.6 Å². The van der Waals surface area contributed by atoms with E-state index in [1.807, 2.05) is 0 Å². The van der Waals surface area contributed by atoms with E-state index in [1.54, 1.807) is 24.3 Å². The third kappa shape index (κ3) is 2.24. The minimum absolute atomic E-state index is 0.0485. The average Bonchev–Trinajstić information content (AvgIpc) is 2.06. The number of hydrogen-bond donors (Lipinski definition) is 0. The summed E-state index contributed by atoms with van der Waals surface area (Å²) in [4.78, 5) is 10.8. The van der Waals surface area contributed by atoms with Gasteiger partial charge in [-0.3, -0.25) is 4.79 Å². The zero-order valence-electron chi connectivity index (χ0n) is 6.71. The Morgan fingerprint density at radius 1 is 1.42 bits per heavy atom. The Morgan fingerprint density at radius 2 is 2.00 bits per heavy atom. The quantitative estimate of drug-likeness (QED) is 0.533. The van der Waals surface area contributed by atoms with Gasteiger partial charge in [0.1, 0.15) is 5.75 Å². The third-order valence-corrected chi connectivity index (χ3v) is 1.59. The molecule has 0 amide bonds. The van der Waals surface area contributed by atoms with E-state index in [-0.39, 0.29) is 11.8 Å². The normalized spacial score (nSPS) is 9.50. The van der Waals surface area contributed by atoms with Gasteiger partial charge in [0.15, 0.2) is 11.8 Å². The molecule has 0 fully saturated rings. The number of rotatable bonds is 3. The molecule has 0 atom stereocenters. The van der Waals surface area contributed by atoms with Crippen LogP contribution in [0.5, 0.6) is 5.75 Å². The summed E-state index contributed by atoms with van der Waals surface area (Å²) in [5, 5.41) is 0. The van der Waals surface area contributed by atoms with Crippen LogP contribution in [0.25, 0.3) is 0 Å². The molecule has 0 heterocycles. The number of ketones is 1. The molecule has 0 saturated heterocycles. The molecule has 0 aliphatic heterocycles. The van der Waals surface area contributed by atoms with Gasteiger partial charge in [0.05, 0.1) is 0 Å². The molecule has 3 heteroatoms. The Kier molecular flexibility index (Phi) is 3.11. The Bertz CT molecular complexity index is 266. The molecule has 12 heavy (non-hydrogen) atoms. The smallest absolute Gasteiger partial charge is 0.162 e. The molecule has 0 unspecified atom stereocenters. The number of ether oxygens (including phenoxy) is 1. The van der Waals surface area contributed by atoms with E-state index in [1.165, 1.54) is 6.92 Å². The zero-order chi connectivity index (χ0) is 8.97. The molecule has 0 aliphatic carbocycles. The summed E-state index contributed by atoms with van der Waals surface area (Å²) >= 11 is 5.35. The Hall–Kier alpha value is -1.02. The van der Waals surface area contributed by atoms with Crippen molar-refractivity contribution < 1.29 is 9.53 Å². The van der Waals surface area contributed by atoms with Crippen LogP contribution in [0.4, 0.5) is 0 Å². The maximum absolute atomic E-state index is 10.8. The Morgan fingerprint density at radius 3 is 2.42 bits per heavy atom. The zero-order valence-corrected chi connectivity index (χ0v) is 7.47. The topological polar surface area (TPSA) is 26.3 Å². The predicted molar refractivity (Wildman–Crippen MR) is 47.8 cm³/mol. The van der Waals surface area contributed by atoms with Crippen LogP contribution in [-0.4, -0.2) is 11.8 Å². The Balaban J connectivity index is 2.78. The summed E-state index contributed by atoms with van der Waals surface area (Å²) in [6.45, 7) is 1.53. The third-order valence-electron chi connectivity index (χ3n) is 1.48. The molecule has 0 aromatic heterocycles. The Labute approximate surface area is 76.1 Å². The fraction of sp³-hybridized carbons (Fsp3) is 0.222. The standard InChI is InChI=1S/C9H9ClO2/c1-7(11)8-2-4-9(5-3-8)12-6-10/h2-5H,6H2,1H3. The molecular weight excluding hydrogens is 176 g/mol. The lowest BCUT2D eigenvalue weighted by molar-refractivity contribution is 0.101. The van der Waals surface area contributed by atoms with E-state index >= 15 is 0 Å². The van der Waals surface area contributed by atoms with E-state index in [0.717, 1.165) is 0 Å². The number of carbonyl (C=O) groups excluding carboxylic acids is 1. The van der Waals surface area contributed by atoms with Crippen molar-refractivity contribution in [1.29, 1.82) is 0 Å². The van der Waals surface area contributed by atoms with Crippen LogP contribution in [0.1, 0.15) is 17.3 Å². The van der Waals surface area contributed by atoms with Gasteiger partial charge >= 0.3 is 0 Å². The first-order valence-corrected chi connectivity index (χ1v) is 4.07. The van der Waals surface area contributed by atoms with Crippen molar-refractivity contribution in [3.8, 4) is 5.75 Å². The first-order valence-electron chi connectivity index (χ1n) is 3.54. The van der Waals surface area contributed by atoms with Gasteiger partial charge in [0.2, 0.25) is 0 Å². The van der Waals surface area contributed by atoms with Gasteiger partial charge in [-0.05, 0) is 31.2 Å². The highest BCUT2D eigenvalue weighted by molar-refractivity contribution is 6.17. The van der Waals surface area contributed by atoms with Crippen molar-refractivity contribution in [2.24, 2.45) is 0 Å². The van der Waals surface area contributed by atoms with Gasteiger partial charge in [-0.25, -0.2) is 0 Å².